The van der Waals surface area contributed by atoms with Crippen LogP contribution in [0.4, 0.5) is 0 Å². The fourth-order valence-corrected chi connectivity index (χ4v) is 2.95. The summed E-state index contributed by atoms with van der Waals surface area (Å²) in [6, 6.07) is 16.5. The highest BCUT2D eigenvalue weighted by Crippen LogP contribution is 2.21. The number of hydrogen-bond acceptors (Lipinski definition) is 5. The van der Waals surface area contributed by atoms with Gasteiger partial charge in [0.25, 0.3) is 11.1 Å². The van der Waals surface area contributed by atoms with E-state index in [1.807, 2.05) is 42.5 Å². The van der Waals surface area contributed by atoms with Crippen molar-refractivity contribution in [3.05, 3.63) is 92.8 Å². The van der Waals surface area contributed by atoms with Gasteiger partial charge in [-0.15, -0.1) is 0 Å². The number of nitrogens with one attached hydrogen (secondary N) is 1. The van der Waals surface area contributed by atoms with Crippen molar-refractivity contribution in [1.82, 2.24) is 19.7 Å². The average molecular weight is 360 g/mol. The number of aliphatic hydroxyl groups is 1. The molecular formula is C20H16N4O3. The summed E-state index contributed by atoms with van der Waals surface area (Å²) < 4.78 is 1.31. The molecule has 7 heteroatoms. The van der Waals surface area contributed by atoms with Gasteiger partial charge in [-0.25, -0.2) is 9.67 Å². The lowest BCUT2D eigenvalue weighted by Crippen LogP contribution is -2.27. The van der Waals surface area contributed by atoms with Gasteiger partial charge in [0.2, 0.25) is 0 Å². The molecule has 0 aliphatic carbocycles. The van der Waals surface area contributed by atoms with E-state index in [2.05, 4.69) is 15.1 Å². The maximum Gasteiger partial charge on any atom is 0.293 e. The van der Waals surface area contributed by atoms with E-state index in [4.69, 9.17) is 5.11 Å². The second kappa shape index (κ2) is 6.97. The summed E-state index contributed by atoms with van der Waals surface area (Å²) in [5.41, 5.74) is 2.03. The van der Waals surface area contributed by atoms with Crippen LogP contribution >= 0.6 is 0 Å². The number of benzene rings is 2. The topological polar surface area (TPSA) is 101 Å². The Balaban J connectivity index is 1.92. The molecule has 7 nitrogen and oxygen atoms in total. The molecule has 0 fully saturated rings. The first-order chi connectivity index (χ1) is 13.2. The van der Waals surface area contributed by atoms with Gasteiger partial charge in [0.05, 0.1) is 24.9 Å². The summed E-state index contributed by atoms with van der Waals surface area (Å²) in [5, 5.41) is 13.8. The molecule has 0 spiro atoms. The third-order valence-corrected chi connectivity index (χ3v) is 4.33. The SMILES string of the molecule is O=c1[nH]cnc2c(=O)n(Cc3ccc(CO)cc3)nc(-c3ccccc3)c12. The van der Waals surface area contributed by atoms with E-state index >= 15 is 0 Å². The van der Waals surface area contributed by atoms with Crippen LogP contribution < -0.4 is 11.1 Å². The molecule has 2 aromatic carbocycles. The Bertz CT molecular complexity index is 1210. The monoisotopic (exact) mass is 360 g/mol. The van der Waals surface area contributed by atoms with Crippen LogP contribution in [0.2, 0.25) is 0 Å². The van der Waals surface area contributed by atoms with E-state index in [9.17, 15) is 9.59 Å². The summed E-state index contributed by atoms with van der Waals surface area (Å²) in [5.74, 6) is 0. The Kier molecular flexibility index (Phi) is 4.35. The van der Waals surface area contributed by atoms with Gasteiger partial charge in [-0.3, -0.25) is 9.59 Å². The van der Waals surface area contributed by atoms with E-state index in [1.54, 1.807) is 12.1 Å². The molecule has 0 bridgehead atoms. The minimum absolute atomic E-state index is 0.0424. The number of aliphatic hydroxyl groups excluding tert-OH is 1. The average Bonchev–Trinajstić information content (AvgIpc) is 2.71. The van der Waals surface area contributed by atoms with Crippen LogP contribution in [0.1, 0.15) is 11.1 Å². The molecule has 134 valence electrons. The zero-order chi connectivity index (χ0) is 18.8. The number of rotatable bonds is 4. The predicted molar refractivity (Wildman–Crippen MR) is 101 cm³/mol. The van der Waals surface area contributed by atoms with Crippen molar-refractivity contribution in [2.75, 3.05) is 0 Å². The Morgan fingerprint density at radius 1 is 0.963 bits per heavy atom. The minimum Gasteiger partial charge on any atom is -0.392 e. The summed E-state index contributed by atoms with van der Waals surface area (Å²) in [6.07, 6.45) is 1.22. The van der Waals surface area contributed by atoms with Gasteiger partial charge >= 0.3 is 0 Å². The largest absolute Gasteiger partial charge is 0.392 e. The highest BCUT2D eigenvalue weighted by Gasteiger charge is 2.16. The zero-order valence-corrected chi connectivity index (χ0v) is 14.3. The van der Waals surface area contributed by atoms with Gasteiger partial charge < -0.3 is 10.1 Å². The first-order valence-electron chi connectivity index (χ1n) is 8.40. The molecule has 0 aliphatic rings. The number of H-pyrrole nitrogens is 1. The lowest BCUT2D eigenvalue weighted by atomic mass is 10.1. The maximum absolute atomic E-state index is 12.8. The summed E-state index contributed by atoms with van der Waals surface area (Å²) in [7, 11) is 0. The van der Waals surface area contributed by atoms with E-state index in [0.29, 0.717) is 5.69 Å². The first-order valence-corrected chi connectivity index (χ1v) is 8.40. The number of hydrogen-bond donors (Lipinski definition) is 2. The molecule has 0 unspecified atom stereocenters. The summed E-state index contributed by atoms with van der Waals surface area (Å²) in [4.78, 5) is 31.8. The molecule has 2 N–H and O–H groups in total. The number of aromatic amines is 1. The van der Waals surface area contributed by atoms with E-state index in [0.717, 1.165) is 16.7 Å². The molecule has 4 rings (SSSR count). The van der Waals surface area contributed by atoms with Gasteiger partial charge in [0.15, 0.2) is 0 Å². The fourth-order valence-electron chi connectivity index (χ4n) is 2.95. The molecule has 0 amide bonds. The highest BCUT2D eigenvalue weighted by molar-refractivity contribution is 5.90. The second-order valence-electron chi connectivity index (χ2n) is 6.11. The molecule has 27 heavy (non-hydrogen) atoms. The molecule has 2 heterocycles. The van der Waals surface area contributed by atoms with Crippen molar-refractivity contribution in [2.24, 2.45) is 0 Å². The van der Waals surface area contributed by atoms with Crippen molar-refractivity contribution in [2.45, 2.75) is 13.2 Å². The van der Waals surface area contributed by atoms with E-state index in [-0.39, 0.29) is 24.1 Å². The number of aromatic nitrogens is 4. The van der Waals surface area contributed by atoms with Crippen molar-refractivity contribution < 1.29 is 5.11 Å². The Morgan fingerprint density at radius 2 is 1.67 bits per heavy atom. The van der Waals surface area contributed by atoms with Gasteiger partial charge in [-0.2, -0.15) is 5.10 Å². The third-order valence-electron chi connectivity index (χ3n) is 4.33. The fraction of sp³-hybridized carbons (Fsp3) is 0.100. The van der Waals surface area contributed by atoms with Crippen molar-refractivity contribution in [3.63, 3.8) is 0 Å². The van der Waals surface area contributed by atoms with Crippen LogP contribution in [0.5, 0.6) is 0 Å². The van der Waals surface area contributed by atoms with Crippen LogP contribution in [0.3, 0.4) is 0 Å². The zero-order valence-electron chi connectivity index (χ0n) is 14.3. The Hall–Kier alpha value is -3.58. The van der Waals surface area contributed by atoms with Gasteiger partial charge in [-0.1, -0.05) is 54.6 Å². The van der Waals surface area contributed by atoms with Crippen LogP contribution in [-0.2, 0) is 13.2 Å². The Labute approximate surface area is 153 Å². The van der Waals surface area contributed by atoms with E-state index in [1.165, 1.54) is 11.0 Å². The van der Waals surface area contributed by atoms with Gasteiger partial charge in [-0.05, 0) is 11.1 Å². The minimum atomic E-state index is -0.429. The smallest absolute Gasteiger partial charge is 0.293 e. The van der Waals surface area contributed by atoms with Gasteiger partial charge in [0, 0.05) is 5.56 Å². The maximum atomic E-state index is 12.8. The molecule has 0 atom stereocenters. The van der Waals surface area contributed by atoms with Crippen molar-refractivity contribution >= 4 is 10.9 Å². The second-order valence-corrected chi connectivity index (χ2v) is 6.11. The number of fused-ring (bicyclic) bond motifs is 1. The molecule has 0 radical (unpaired) electrons. The highest BCUT2D eigenvalue weighted by atomic mass is 16.3. The van der Waals surface area contributed by atoms with Gasteiger partial charge in [0.1, 0.15) is 11.2 Å². The van der Waals surface area contributed by atoms with E-state index < -0.39 is 11.1 Å². The molecular weight excluding hydrogens is 344 g/mol. The third kappa shape index (κ3) is 3.16. The van der Waals surface area contributed by atoms with Crippen molar-refractivity contribution in [3.8, 4) is 11.3 Å². The van der Waals surface area contributed by atoms with Crippen molar-refractivity contribution in [1.29, 1.82) is 0 Å². The molecule has 0 saturated carbocycles. The molecule has 0 saturated heterocycles. The summed E-state index contributed by atoms with van der Waals surface area (Å²) >= 11 is 0. The quantitative estimate of drug-likeness (QED) is 0.577. The standard InChI is InChI=1S/C20H16N4O3/c25-11-14-8-6-13(7-9-14)10-24-20(27)18-16(19(26)22-12-21-18)17(23-24)15-4-2-1-3-5-15/h1-9,12,25H,10-11H2,(H,21,22,26). The predicted octanol–water partition coefficient (Wildman–Crippen LogP) is 1.69. The molecule has 2 aromatic heterocycles. The van der Waals surface area contributed by atoms with Crippen LogP contribution in [0.25, 0.3) is 22.2 Å². The van der Waals surface area contributed by atoms with Crippen LogP contribution in [-0.4, -0.2) is 24.9 Å². The normalized spacial score (nSPS) is 11.0. The van der Waals surface area contributed by atoms with Crippen LogP contribution in [0, 0.1) is 0 Å². The lowest BCUT2D eigenvalue weighted by Gasteiger charge is -2.10. The first kappa shape index (κ1) is 16.9. The molecule has 4 aromatic rings. The lowest BCUT2D eigenvalue weighted by molar-refractivity contribution is 0.282. The summed E-state index contributed by atoms with van der Waals surface area (Å²) in [6.45, 7) is 0.189. The molecule has 0 aliphatic heterocycles. The number of nitrogens with zero attached hydrogens (tertiary/aromatic N) is 3. The Morgan fingerprint density at radius 3 is 2.37 bits per heavy atom. The van der Waals surface area contributed by atoms with Crippen LogP contribution in [0.15, 0.2) is 70.5 Å².